The number of benzene rings is 1. The maximum Gasteiger partial charge on any atom is 0.310 e. The highest BCUT2D eigenvalue weighted by Crippen LogP contribution is 2.45. The van der Waals surface area contributed by atoms with Crippen molar-refractivity contribution in [1.29, 1.82) is 0 Å². The summed E-state index contributed by atoms with van der Waals surface area (Å²) in [5.74, 6) is -2.83. The molecule has 0 aromatic heterocycles. The Bertz CT molecular complexity index is 825. The largest absolute Gasteiger partial charge is 0.466 e. The van der Waals surface area contributed by atoms with Crippen LogP contribution in [0.3, 0.4) is 0 Å². The molecule has 1 saturated heterocycles. The number of aliphatic hydroxyl groups is 1. The van der Waals surface area contributed by atoms with E-state index in [0.29, 0.717) is 13.0 Å². The number of rotatable bonds is 8. The molecule has 0 bridgehead atoms. The van der Waals surface area contributed by atoms with E-state index in [1.54, 1.807) is 13.8 Å². The van der Waals surface area contributed by atoms with E-state index >= 15 is 0 Å². The van der Waals surface area contributed by atoms with E-state index in [0.717, 1.165) is 5.56 Å². The maximum atomic E-state index is 13.5. The first-order chi connectivity index (χ1) is 14.9. The Labute approximate surface area is 183 Å². The molecule has 3 rings (SSSR count). The fourth-order valence-electron chi connectivity index (χ4n) is 4.85. The number of likely N-dealkylation sites (tertiary alicyclic amines) is 1. The van der Waals surface area contributed by atoms with E-state index in [4.69, 9.17) is 4.74 Å². The Kier molecular flexibility index (Phi) is 7.49. The summed E-state index contributed by atoms with van der Waals surface area (Å²) in [5.41, 5.74) is 0.952. The number of fused-ring (bicyclic) bond motifs is 1. The smallest absolute Gasteiger partial charge is 0.310 e. The molecule has 1 heterocycles. The average Bonchev–Trinajstić information content (AvgIpc) is 3.09. The van der Waals surface area contributed by atoms with Crippen LogP contribution in [0.2, 0.25) is 0 Å². The van der Waals surface area contributed by atoms with Crippen molar-refractivity contribution in [2.75, 3.05) is 13.2 Å². The zero-order valence-electron chi connectivity index (χ0n) is 18.4. The molecule has 0 unspecified atom stereocenters. The number of carbonyl (C=O) groups excluding carboxylic acids is 3. The second-order valence-electron chi connectivity index (χ2n) is 8.26. The standard InChI is InChI=1S/C24H32N2O5/c1-4-17-11-12-18-20(19(17)24(30)31-5-2)23(29)26(15(3)14-27)21(18)22(28)25-13-16-9-7-6-8-10-16/h6-12,15,17-21,27H,4-5,13-14H2,1-3H3,(H,25,28)/t15-,17-,18+,19-,20+,21+/m1/s1. The van der Waals surface area contributed by atoms with Crippen LogP contribution in [0, 0.1) is 23.7 Å². The second kappa shape index (κ2) is 10.1. The molecule has 0 saturated carbocycles. The summed E-state index contributed by atoms with van der Waals surface area (Å²) in [4.78, 5) is 41.0. The van der Waals surface area contributed by atoms with Gasteiger partial charge in [0.15, 0.2) is 0 Å². The SMILES string of the molecule is CCOC(=O)[C@H]1[C@H]2C(=O)N([C@H](C)CO)[C@H](C(=O)NCc3ccccc3)[C@H]2C=C[C@H]1CC. The fourth-order valence-corrected chi connectivity index (χ4v) is 4.85. The summed E-state index contributed by atoms with van der Waals surface area (Å²) in [6.07, 6.45) is 4.54. The Hall–Kier alpha value is -2.67. The van der Waals surface area contributed by atoms with Crippen LogP contribution in [-0.2, 0) is 25.7 Å². The van der Waals surface area contributed by atoms with Gasteiger partial charge in [-0.05, 0) is 31.7 Å². The number of amides is 2. The highest BCUT2D eigenvalue weighted by molar-refractivity contribution is 5.96. The Morgan fingerprint density at radius 1 is 1.19 bits per heavy atom. The molecule has 168 valence electrons. The van der Waals surface area contributed by atoms with Crippen molar-refractivity contribution in [3.63, 3.8) is 0 Å². The number of ether oxygens (including phenoxy) is 1. The topological polar surface area (TPSA) is 95.9 Å². The number of nitrogens with one attached hydrogen (secondary N) is 1. The Morgan fingerprint density at radius 3 is 2.52 bits per heavy atom. The zero-order valence-corrected chi connectivity index (χ0v) is 18.4. The molecule has 1 aliphatic heterocycles. The molecule has 1 aromatic carbocycles. The fraction of sp³-hybridized carbons (Fsp3) is 0.542. The van der Waals surface area contributed by atoms with Gasteiger partial charge in [-0.25, -0.2) is 0 Å². The van der Waals surface area contributed by atoms with Crippen molar-refractivity contribution in [2.45, 2.75) is 45.8 Å². The number of hydrogen-bond donors (Lipinski definition) is 2. The molecule has 1 aliphatic carbocycles. The van der Waals surface area contributed by atoms with E-state index in [9.17, 15) is 19.5 Å². The molecule has 1 fully saturated rings. The van der Waals surface area contributed by atoms with Crippen LogP contribution in [0.5, 0.6) is 0 Å². The molecular formula is C24H32N2O5. The number of hydrogen-bond acceptors (Lipinski definition) is 5. The number of esters is 1. The third-order valence-electron chi connectivity index (χ3n) is 6.39. The Morgan fingerprint density at radius 2 is 1.90 bits per heavy atom. The third kappa shape index (κ3) is 4.51. The highest BCUT2D eigenvalue weighted by atomic mass is 16.5. The van der Waals surface area contributed by atoms with Crippen LogP contribution in [0.4, 0.5) is 0 Å². The Balaban J connectivity index is 1.92. The van der Waals surface area contributed by atoms with Gasteiger partial charge in [0, 0.05) is 12.5 Å². The molecule has 7 heteroatoms. The van der Waals surface area contributed by atoms with Gasteiger partial charge in [0.2, 0.25) is 11.8 Å². The van der Waals surface area contributed by atoms with Crippen LogP contribution in [0.15, 0.2) is 42.5 Å². The van der Waals surface area contributed by atoms with E-state index < -0.39 is 35.8 Å². The first-order valence-electron chi connectivity index (χ1n) is 11.0. The summed E-state index contributed by atoms with van der Waals surface area (Å²) >= 11 is 0. The van der Waals surface area contributed by atoms with Gasteiger partial charge in [-0.2, -0.15) is 0 Å². The first-order valence-corrected chi connectivity index (χ1v) is 11.0. The minimum Gasteiger partial charge on any atom is -0.466 e. The van der Waals surface area contributed by atoms with Gasteiger partial charge in [0.25, 0.3) is 0 Å². The lowest BCUT2D eigenvalue weighted by Gasteiger charge is -2.33. The third-order valence-corrected chi connectivity index (χ3v) is 6.39. The molecule has 6 atom stereocenters. The lowest BCUT2D eigenvalue weighted by atomic mass is 9.69. The summed E-state index contributed by atoms with van der Waals surface area (Å²) < 4.78 is 5.30. The molecule has 31 heavy (non-hydrogen) atoms. The van der Waals surface area contributed by atoms with Crippen LogP contribution >= 0.6 is 0 Å². The maximum absolute atomic E-state index is 13.5. The van der Waals surface area contributed by atoms with E-state index in [1.165, 1.54) is 4.90 Å². The van der Waals surface area contributed by atoms with E-state index in [-0.39, 0.29) is 30.9 Å². The van der Waals surface area contributed by atoms with Crippen LogP contribution in [-0.4, -0.2) is 53.1 Å². The van der Waals surface area contributed by atoms with Crippen LogP contribution in [0.1, 0.15) is 32.8 Å². The highest BCUT2D eigenvalue weighted by Gasteiger charge is 2.58. The monoisotopic (exact) mass is 428 g/mol. The normalized spacial score (nSPS) is 28.2. The molecule has 0 radical (unpaired) electrons. The number of allylic oxidation sites excluding steroid dienone is 1. The van der Waals surface area contributed by atoms with Crippen molar-refractivity contribution >= 4 is 17.8 Å². The second-order valence-corrected chi connectivity index (χ2v) is 8.26. The van der Waals surface area contributed by atoms with Gasteiger partial charge in [-0.3, -0.25) is 14.4 Å². The van der Waals surface area contributed by atoms with E-state index in [2.05, 4.69) is 5.32 Å². The summed E-state index contributed by atoms with van der Waals surface area (Å²) in [6.45, 7) is 5.74. The molecule has 2 amide bonds. The van der Waals surface area contributed by atoms with Crippen molar-refractivity contribution in [3.05, 3.63) is 48.0 Å². The molecule has 0 spiro atoms. The summed E-state index contributed by atoms with van der Waals surface area (Å²) in [6, 6.07) is 8.21. The predicted octanol–water partition coefficient (Wildman–Crippen LogP) is 1.90. The molecule has 7 nitrogen and oxygen atoms in total. The van der Waals surface area contributed by atoms with Gasteiger partial charge in [-0.15, -0.1) is 0 Å². The molecule has 2 N–H and O–H groups in total. The summed E-state index contributed by atoms with van der Waals surface area (Å²) in [7, 11) is 0. The lowest BCUT2D eigenvalue weighted by Crippen LogP contribution is -2.51. The van der Waals surface area contributed by atoms with E-state index in [1.807, 2.05) is 49.4 Å². The van der Waals surface area contributed by atoms with Crippen molar-refractivity contribution in [3.8, 4) is 0 Å². The van der Waals surface area contributed by atoms with Gasteiger partial charge in [0.1, 0.15) is 6.04 Å². The minimum atomic E-state index is -0.783. The molecule has 2 aliphatic rings. The van der Waals surface area contributed by atoms with Gasteiger partial charge >= 0.3 is 5.97 Å². The number of nitrogens with zero attached hydrogens (tertiary/aromatic N) is 1. The molecular weight excluding hydrogens is 396 g/mol. The first kappa shape index (κ1) is 23.0. The quantitative estimate of drug-likeness (QED) is 0.487. The van der Waals surface area contributed by atoms with Crippen molar-refractivity contribution in [2.24, 2.45) is 23.7 Å². The van der Waals surface area contributed by atoms with Gasteiger partial charge < -0.3 is 20.1 Å². The summed E-state index contributed by atoms with van der Waals surface area (Å²) in [5, 5.41) is 12.7. The minimum absolute atomic E-state index is 0.123. The van der Waals surface area contributed by atoms with Gasteiger partial charge in [0.05, 0.1) is 31.1 Å². The van der Waals surface area contributed by atoms with Crippen molar-refractivity contribution < 1.29 is 24.2 Å². The predicted molar refractivity (Wildman–Crippen MR) is 115 cm³/mol. The zero-order chi connectivity index (χ0) is 22.5. The number of aliphatic hydroxyl groups excluding tert-OH is 1. The van der Waals surface area contributed by atoms with Gasteiger partial charge in [-0.1, -0.05) is 49.4 Å². The van der Waals surface area contributed by atoms with Crippen LogP contribution < -0.4 is 5.32 Å². The lowest BCUT2D eigenvalue weighted by molar-refractivity contribution is -0.156. The van der Waals surface area contributed by atoms with Crippen LogP contribution in [0.25, 0.3) is 0 Å². The average molecular weight is 429 g/mol. The number of carbonyl (C=O) groups is 3. The molecule has 1 aromatic rings. The van der Waals surface area contributed by atoms with Crippen molar-refractivity contribution in [1.82, 2.24) is 10.2 Å².